The Balaban J connectivity index is 1.25. The number of methoxy groups -OCH3 is 1. The van der Waals surface area contributed by atoms with Crippen molar-refractivity contribution >= 4 is 23.7 Å². The van der Waals surface area contributed by atoms with Crippen molar-refractivity contribution in [2.75, 3.05) is 31.8 Å². The number of nitrogens with zero attached hydrogens (tertiary/aromatic N) is 2. The largest absolute Gasteiger partial charge is 0.497 e. The van der Waals surface area contributed by atoms with Gasteiger partial charge in [-0.15, -0.1) is 0 Å². The number of hydrogen-bond acceptors (Lipinski definition) is 9. The van der Waals surface area contributed by atoms with Crippen molar-refractivity contribution in [3.05, 3.63) is 197 Å². The molecule has 8 atom stereocenters. The lowest BCUT2D eigenvalue weighted by Crippen LogP contribution is -2.59. The number of aliphatic carboxylic acids is 1. The van der Waals surface area contributed by atoms with Crippen LogP contribution in [0.2, 0.25) is 0 Å². The second kappa shape index (κ2) is 17.2. The number of morpholine rings is 1. The normalized spacial score (nSPS) is 25.2. The Kier molecular flexibility index (Phi) is 11.1. The van der Waals surface area contributed by atoms with Crippen LogP contribution in [0.4, 0.5) is 10.5 Å². The van der Waals surface area contributed by atoms with Crippen LogP contribution in [0.1, 0.15) is 70.1 Å². The number of aliphatic hydroxyl groups excluding tert-OH is 1. The van der Waals surface area contributed by atoms with E-state index in [0.29, 0.717) is 33.9 Å². The van der Waals surface area contributed by atoms with Crippen LogP contribution < -0.4 is 19.7 Å². The third-order valence-corrected chi connectivity index (χ3v) is 13.4. The molecule has 0 bridgehead atoms. The Morgan fingerprint density at radius 1 is 0.788 bits per heavy atom. The third kappa shape index (κ3) is 6.95. The fourth-order valence-corrected chi connectivity index (χ4v) is 10.7. The van der Waals surface area contributed by atoms with E-state index in [2.05, 4.69) is 17.2 Å². The van der Waals surface area contributed by atoms with Crippen molar-refractivity contribution in [1.29, 1.82) is 0 Å². The van der Waals surface area contributed by atoms with Crippen molar-refractivity contribution in [3.63, 3.8) is 0 Å². The smallest absolute Gasteiger partial charge is 0.325 e. The van der Waals surface area contributed by atoms with Crippen LogP contribution in [0.25, 0.3) is 0 Å². The van der Waals surface area contributed by atoms with E-state index < -0.39 is 65.3 Å². The number of carbonyl (C=O) groups is 3. The van der Waals surface area contributed by atoms with Crippen LogP contribution in [0, 0.1) is 17.8 Å². The minimum Gasteiger partial charge on any atom is -0.497 e. The summed E-state index contributed by atoms with van der Waals surface area (Å²) in [6, 6.07) is 44.7. The van der Waals surface area contributed by atoms with Crippen LogP contribution >= 0.6 is 0 Å². The molecule has 66 heavy (non-hydrogen) atoms. The second-order valence-electron chi connectivity index (χ2n) is 16.9. The van der Waals surface area contributed by atoms with Gasteiger partial charge in [-0.25, -0.2) is 4.79 Å². The molecule has 2 amide bonds. The molecule has 4 heterocycles. The molecule has 4 aliphatic rings. The average molecular weight is 882 g/mol. The van der Waals surface area contributed by atoms with Crippen LogP contribution in [0.15, 0.2) is 158 Å². The lowest BCUT2D eigenvalue weighted by Gasteiger charge is -2.47. The summed E-state index contributed by atoms with van der Waals surface area (Å²) in [5, 5.41) is 24.9. The molecule has 0 aliphatic carbocycles. The lowest BCUT2D eigenvalue weighted by atomic mass is 9.62. The Hall–Kier alpha value is -7.43. The van der Waals surface area contributed by atoms with Crippen LogP contribution in [0.3, 0.4) is 0 Å². The molecule has 3 fully saturated rings. The van der Waals surface area contributed by atoms with Gasteiger partial charge in [0.15, 0.2) is 5.72 Å². The van der Waals surface area contributed by atoms with Gasteiger partial charge in [-0.3, -0.25) is 19.4 Å². The highest BCUT2D eigenvalue weighted by molar-refractivity contribution is 6.00. The number of urea groups is 1. The summed E-state index contributed by atoms with van der Waals surface area (Å²) < 4.78 is 24.6. The predicted octanol–water partition coefficient (Wildman–Crippen LogP) is 7.89. The van der Waals surface area contributed by atoms with E-state index in [1.165, 1.54) is 0 Å². The highest BCUT2D eigenvalue weighted by atomic mass is 16.6. The first-order valence-electron chi connectivity index (χ1n) is 21.9. The topological polar surface area (TPSA) is 150 Å². The number of hydrogen-bond donors (Lipinski definition) is 3. The quantitative estimate of drug-likeness (QED) is 0.0705. The molecule has 0 radical (unpaired) electrons. The lowest BCUT2D eigenvalue weighted by molar-refractivity contribution is -0.179. The number of carbonyl (C=O) groups excluding carboxylic acids is 2. The number of carboxylic acid groups (broad SMARTS) is 1. The Labute approximate surface area is 382 Å². The predicted molar refractivity (Wildman–Crippen MR) is 245 cm³/mol. The number of amides is 2. The third-order valence-electron chi connectivity index (χ3n) is 13.4. The Morgan fingerprint density at radius 3 is 2.08 bits per heavy atom. The van der Waals surface area contributed by atoms with E-state index in [1.807, 2.05) is 157 Å². The molecule has 6 aromatic rings. The molecule has 4 aliphatic heterocycles. The van der Waals surface area contributed by atoms with Crippen molar-refractivity contribution in [3.8, 4) is 23.3 Å². The van der Waals surface area contributed by atoms with E-state index in [9.17, 15) is 15.0 Å². The molecule has 1 unspecified atom stereocenters. The van der Waals surface area contributed by atoms with Crippen molar-refractivity contribution in [2.45, 2.75) is 48.3 Å². The minimum absolute atomic E-state index is 0.0120. The van der Waals surface area contributed by atoms with Crippen LogP contribution in [-0.4, -0.2) is 71.8 Å². The zero-order valence-electron chi connectivity index (χ0n) is 36.2. The number of epoxide rings is 1. The number of esters is 1. The molecule has 3 saturated heterocycles. The standard InChI is InChI=1S/C54H47N3O9/c1-34(37-13-6-3-7-14-37)55-52(62)57-44-28-25-36(22-21-35-23-26-41(63-2)27-24-35)31-43(44)54(53(57)33-65-53)45(50(59)60)47-51(61)66-48(39-17-10-5-11-18-39)46(38-15-8-4-9-16-38)56(47)49(54)40-19-12-20-42(32-40)64-30-29-58/h3-20,23-28,31-32,34,45-49,58H,29-30,33H2,1-2H3,(H,55,62)(H,59,60)/t34-,45-,46-,47-,48+,49+,53?,54-/m0/s1. The van der Waals surface area contributed by atoms with E-state index in [1.54, 1.807) is 24.1 Å². The van der Waals surface area contributed by atoms with Gasteiger partial charge < -0.3 is 34.5 Å². The van der Waals surface area contributed by atoms with Crippen molar-refractivity contribution in [1.82, 2.24) is 10.2 Å². The van der Waals surface area contributed by atoms with E-state index >= 15 is 9.59 Å². The fraction of sp³-hybridized carbons (Fsp3) is 0.241. The van der Waals surface area contributed by atoms with Gasteiger partial charge in [-0.05, 0) is 89.3 Å². The molecular weight excluding hydrogens is 835 g/mol. The molecule has 12 nitrogen and oxygen atoms in total. The number of rotatable bonds is 10. The van der Waals surface area contributed by atoms with E-state index in [4.69, 9.17) is 18.9 Å². The number of benzene rings is 6. The van der Waals surface area contributed by atoms with Gasteiger partial charge in [0, 0.05) is 11.1 Å². The fourth-order valence-electron chi connectivity index (χ4n) is 10.7. The zero-order valence-corrected chi connectivity index (χ0v) is 36.2. The summed E-state index contributed by atoms with van der Waals surface area (Å²) in [5.41, 5.74) is 1.84. The van der Waals surface area contributed by atoms with Crippen LogP contribution in [-0.2, 0) is 24.5 Å². The van der Waals surface area contributed by atoms with Gasteiger partial charge in [0.1, 0.15) is 30.3 Å². The van der Waals surface area contributed by atoms with Gasteiger partial charge in [0.05, 0.1) is 55.5 Å². The number of aliphatic hydroxyl groups is 1. The maximum absolute atomic E-state index is 15.2. The van der Waals surface area contributed by atoms with E-state index in [-0.39, 0.29) is 19.8 Å². The molecule has 0 aromatic heterocycles. The van der Waals surface area contributed by atoms with Crippen molar-refractivity contribution in [2.24, 2.45) is 5.92 Å². The molecule has 6 aromatic carbocycles. The number of fused-ring (bicyclic) bond motifs is 4. The van der Waals surface area contributed by atoms with Crippen LogP contribution in [0.5, 0.6) is 11.5 Å². The maximum Gasteiger partial charge on any atom is 0.325 e. The number of nitrogens with one attached hydrogen (secondary N) is 1. The van der Waals surface area contributed by atoms with Gasteiger partial charge in [-0.1, -0.05) is 115 Å². The molecule has 10 rings (SSSR count). The summed E-state index contributed by atoms with van der Waals surface area (Å²) in [5.74, 6) is 4.13. The molecule has 2 spiro atoms. The Bertz CT molecular complexity index is 2850. The Morgan fingerprint density at radius 2 is 1.42 bits per heavy atom. The highest BCUT2D eigenvalue weighted by Gasteiger charge is 2.84. The van der Waals surface area contributed by atoms with E-state index in [0.717, 1.165) is 22.3 Å². The first-order valence-corrected chi connectivity index (χ1v) is 21.9. The summed E-state index contributed by atoms with van der Waals surface area (Å²) in [6.45, 7) is 1.62. The molecule has 332 valence electrons. The van der Waals surface area contributed by atoms with Gasteiger partial charge in [-0.2, -0.15) is 0 Å². The highest BCUT2D eigenvalue weighted by Crippen LogP contribution is 2.73. The average Bonchev–Trinajstić information content (AvgIpc) is 4.02. The van der Waals surface area contributed by atoms with Crippen molar-refractivity contribution < 1.29 is 43.5 Å². The molecule has 12 heteroatoms. The van der Waals surface area contributed by atoms with Gasteiger partial charge in [0.25, 0.3) is 0 Å². The van der Waals surface area contributed by atoms with Gasteiger partial charge in [0.2, 0.25) is 0 Å². The number of ether oxygens (including phenoxy) is 4. The second-order valence-corrected chi connectivity index (χ2v) is 16.9. The summed E-state index contributed by atoms with van der Waals surface area (Å²) >= 11 is 0. The summed E-state index contributed by atoms with van der Waals surface area (Å²) in [7, 11) is 1.60. The number of anilines is 1. The first kappa shape index (κ1) is 42.5. The summed E-state index contributed by atoms with van der Waals surface area (Å²) in [6.07, 6.45) is -0.872. The molecule has 3 N–H and O–H groups in total. The monoisotopic (exact) mass is 881 g/mol. The van der Waals surface area contributed by atoms with Gasteiger partial charge >= 0.3 is 18.0 Å². The SMILES string of the molecule is COc1ccc(C#Cc2ccc3c(c2)[C@@]2([C@H](C(=O)O)[C@H]4C(=O)O[C@H](c5ccccc5)[C@H](c5ccccc5)N4[C@@H]2c2cccc(OCCO)c2)C2(CO2)N3C(=O)N[C@@H](C)c2ccccc2)cc1. The first-order chi connectivity index (χ1) is 32.2. The maximum atomic E-state index is 15.2. The summed E-state index contributed by atoms with van der Waals surface area (Å²) in [4.78, 5) is 48.6. The molecular formula is C54H47N3O9. The number of carboxylic acids is 1. The molecule has 0 saturated carbocycles. The number of cyclic esters (lactones) is 1. The minimum atomic E-state index is -1.70. The zero-order chi connectivity index (χ0) is 45.6.